The number of hydrogen-bond donors (Lipinski definition) is 0. The van der Waals surface area contributed by atoms with Gasteiger partial charge in [-0.2, -0.15) is 0 Å². The highest BCUT2D eigenvalue weighted by Crippen LogP contribution is 3.02. The lowest BCUT2D eigenvalue weighted by Gasteiger charge is -2.40. The fraction of sp³-hybridized carbons (Fsp3) is 0.222. The number of rotatable bonds is 3. The summed E-state index contributed by atoms with van der Waals surface area (Å²) in [6, 6.07) is 0.194. The molecule has 0 saturated heterocycles. The third-order valence-corrected chi connectivity index (χ3v) is 4.39. The van der Waals surface area contributed by atoms with Crippen LogP contribution in [-0.2, 0) is 14.6 Å². The van der Waals surface area contributed by atoms with Crippen molar-refractivity contribution in [2.75, 3.05) is 13.4 Å². The molecule has 20 heavy (non-hydrogen) atoms. The molecule has 0 aliphatic carbocycles. The Labute approximate surface area is 111 Å². The average molecular weight is 340 g/mol. The van der Waals surface area contributed by atoms with Gasteiger partial charge in [0.2, 0.25) is 0 Å². The van der Waals surface area contributed by atoms with E-state index in [0.29, 0.717) is 12.3 Å². The molecule has 1 aromatic rings. The maximum absolute atomic E-state index is 12.7. The van der Waals surface area contributed by atoms with E-state index in [0.717, 1.165) is 7.11 Å². The molecule has 0 fully saturated rings. The average Bonchev–Trinajstić information content (AvgIpc) is 2.23. The number of ether oxygens (including phenoxy) is 1. The molecule has 0 spiro atoms. The smallest absolute Gasteiger partial charge is 0.337 e. The molecule has 0 bridgehead atoms. The number of esters is 1. The van der Waals surface area contributed by atoms with Crippen molar-refractivity contribution in [3.05, 3.63) is 23.8 Å². The first-order valence-corrected chi connectivity index (χ1v) is 8.56. The molecule has 0 aliphatic heterocycles. The monoisotopic (exact) mass is 340 g/mol. The van der Waals surface area contributed by atoms with Gasteiger partial charge >= 0.3 is 16.2 Å². The lowest BCUT2D eigenvalue weighted by atomic mass is 10.2. The van der Waals surface area contributed by atoms with Crippen LogP contribution in [0.25, 0.3) is 0 Å². The van der Waals surface area contributed by atoms with Crippen LogP contribution in [0.2, 0.25) is 0 Å². The predicted molar refractivity (Wildman–Crippen MR) is 62.3 cm³/mol. The Balaban J connectivity index is 3.78. The van der Waals surface area contributed by atoms with Crippen LogP contribution in [0.5, 0.6) is 0 Å². The van der Waals surface area contributed by atoms with Crippen LogP contribution in [0.3, 0.4) is 0 Å². The molecule has 1 rings (SSSR count). The molecule has 0 aliphatic rings. The number of methoxy groups -OCH3 is 1. The number of carbonyl (C=O) groups is 1. The Bertz CT molecular complexity index is 678. The second-order valence-corrected chi connectivity index (χ2v) is 8.35. The van der Waals surface area contributed by atoms with Crippen LogP contribution in [0.15, 0.2) is 28.0 Å². The molecular weight excluding hydrogens is 331 g/mol. The van der Waals surface area contributed by atoms with Gasteiger partial charge < -0.3 is 4.74 Å². The van der Waals surface area contributed by atoms with Gasteiger partial charge in [0, 0.05) is 6.26 Å². The fourth-order valence-corrected chi connectivity index (χ4v) is 2.70. The summed E-state index contributed by atoms with van der Waals surface area (Å²) >= 11 is 0. The Kier molecular flexibility index (Phi) is 3.21. The predicted octanol–water partition coefficient (Wildman–Crippen LogP) is 3.53. The fourth-order valence-electron chi connectivity index (χ4n) is 1.24. The maximum Gasteiger partial charge on any atom is 0.337 e. The first-order valence-electron chi connectivity index (χ1n) is 4.72. The van der Waals surface area contributed by atoms with Gasteiger partial charge in [-0.25, -0.2) is 13.2 Å². The van der Waals surface area contributed by atoms with Gasteiger partial charge in [0.15, 0.2) is 9.84 Å². The number of carbonyl (C=O) groups excluding carboxylic acids is 1. The first-order chi connectivity index (χ1) is 8.54. The summed E-state index contributed by atoms with van der Waals surface area (Å²) in [6.07, 6.45) is 0.526. The summed E-state index contributed by atoms with van der Waals surface area (Å²) in [5.74, 6) is -1.36. The van der Waals surface area contributed by atoms with E-state index in [2.05, 4.69) is 4.74 Å². The standard InChI is InChI=1S/C9H9F5O4S2/c1-18-9(15)6-3-7(19(2,16)17)5-8(4-6)20(10,11,12,13)14/h3-5H,1-2H3. The van der Waals surface area contributed by atoms with Gasteiger partial charge in [0.25, 0.3) is 0 Å². The SMILES string of the molecule is COC(=O)c1cc(S(C)(=O)=O)cc(S(F)(F)(F)(F)F)c1. The lowest BCUT2D eigenvalue weighted by Crippen LogP contribution is -2.11. The molecule has 0 atom stereocenters. The van der Waals surface area contributed by atoms with Gasteiger partial charge in [0.05, 0.1) is 17.6 Å². The molecule has 4 nitrogen and oxygen atoms in total. The Morgan fingerprint density at radius 1 is 1.10 bits per heavy atom. The zero-order valence-electron chi connectivity index (χ0n) is 10.1. The van der Waals surface area contributed by atoms with Crippen molar-refractivity contribution in [2.45, 2.75) is 9.79 Å². The molecule has 1 aromatic carbocycles. The summed E-state index contributed by atoms with van der Waals surface area (Å²) in [7, 11) is -13.5. The molecule has 116 valence electrons. The highest BCUT2D eigenvalue weighted by molar-refractivity contribution is 8.45. The molecule has 0 radical (unpaired) electrons. The molecule has 0 saturated carbocycles. The molecule has 0 N–H and O–H groups in total. The first kappa shape index (κ1) is 16.7. The van der Waals surface area contributed by atoms with E-state index >= 15 is 0 Å². The second kappa shape index (κ2) is 3.85. The van der Waals surface area contributed by atoms with Crippen molar-refractivity contribution in [1.29, 1.82) is 0 Å². The lowest BCUT2D eigenvalue weighted by molar-refractivity contribution is 0.0600. The van der Waals surface area contributed by atoms with Crippen LogP contribution in [0, 0.1) is 0 Å². The summed E-state index contributed by atoms with van der Waals surface area (Å²) < 4.78 is 90.2. The summed E-state index contributed by atoms with van der Waals surface area (Å²) in [4.78, 5) is 7.65. The van der Waals surface area contributed by atoms with E-state index in [-0.39, 0.29) is 12.1 Å². The van der Waals surface area contributed by atoms with E-state index in [1.54, 1.807) is 0 Å². The van der Waals surface area contributed by atoms with Crippen LogP contribution in [0.1, 0.15) is 10.4 Å². The Hall–Kier alpha value is -1.36. The Morgan fingerprint density at radius 2 is 1.60 bits per heavy atom. The van der Waals surface area contributed by atoms with Crippen molar-refractivity contribution in [3.63, 3.8) is 0 Å². The van der Waals surface area contributed by atoms with Gasteiger partial charge in [-0.05, 0) is 18.2 Å². The number of halogens is 5. The van der Waals surface area contributed by atoms with Crippen molar-refractivity contribution in [3.8, 4) is 0 Å². The molecular formula is C9H9F5O4S2. The molecule has 0 heterocycles. The number of sulfone groups is 1. The van der Waals surface area contributed by atoms with Crippen LogP contribution in [0.4, 0.5) is 19.4 Å². The van der Waals surface area contributed by atoms with E-state index < -0.39 is 41.4 Å². The van der Waals surface area contributed by atoms with E-state index in [1.807, 2.05) is 0 Å². The summed E-state index contributed by atoms with van der Waals surface area (Å²) in [6.45, 7) is 0. The quantitative estimate of drug-likeness (QED) is 0.624. The van der Waals surface area contributed by atoms with Gasteiger partial charge in [-0.1, -0.05) is 19.4 Å². The van der Waals surface area contributed by atoms with Crippen LogP contribution >= 0.6 is 10.2 Å². The van der Waals surface area contributed by atoms with Crippen LogP contribution in [-0.4, -0.2) is 27.8 Å². The second-order valence-electron chi connectivity index (χ2n) is 3.93. The number of hydrogen-bond acceptors (Lipinski definition) is 4. The third kappa shape index (κ3) is 3.82. The number of benzene rings is 1. The van der Waals surface area contributed by atoms with E-state index in [4.69, 9.17) is 0 Å². The molecule has 0 unspecified atom stereocenters. The van der Waals surface area contributed by atoms with Crippen molar-refractivity contribution < 1.29 is 37.4 Å². The maximum atomic E-state index is 12.7. The van der Waals surface area contributed by atoms with Crippen molar-refractivity contribution >= 4 is 26.0 Å². The normalized spacial score (nSPS) is 16.1. The zero-order chi connectivity index (χ0) is 16.0. The minimum absolute atomic E-state index is 0.137. The van der Waals surface area contributed by atoms with Crippen LogP contribution < -0.4 is 0 Å². The van der Waals surface area contributed by atoms with E-state index in [9.17, 15) is 32.6 Å². The minimum atomic E-state index is -10.1. The summed E-state index contributed by atoms with van der Waals surface area (Å²) in [5, 5.41) is 0. The highest BCUT2D eigenvalue weighted by Gasteiger charge is 2.65. The zero-order valence-corrected chi connectivity index (χ0v) is 11.7. The van der Waals surface area contributed by atoms with E-state index in [1.165, 1.54) is 0 Å². The van der Waals surface area contributed by atoms with Gasteiger partial charge in [0.1, 0.15) is 4.90 Å². The molecule has 0 amide bonds. The molecule has 0 aromatic heterocycles. The van der Waals surface area contributed by atoms with Gasteiger partial charge in [-0.3, -0.25) is 0 Å². The van der Waals surface area contributed by atoms with Crippen molar-refractivity contribution in [1.82, 2.24) is 0 Å². The Morgan fingerprint density at radius 3 is 1.95 bits per heavy atom. The van der Waals surface area contributed by atoms with Crippen molar-refractivity contribution in [2.24, 2.45) is 0 Å². The third-order valence-electron chi connectivity index (χ3n) is 2.17. The largest absolute Gasteiger partial charge is 0.465 e. The van der Waals surface area contributed by atoms with Gasteiger partial charge in [-0.15, -0.1) is 0 Å². The molecule has 11 heteroatoms. The topological polar surface area (TPSA) is 60.4 Å². The summed E-state index contributed by atoms with van der Waals surface area (Å²) in [5.41, 5.74) is -0.932. The minimum Gasteiger partial charge on any atom is -0.465 e. The highest BCUT2D eigenvalue weighted by atomic mass is 32.5.